The van der Waals surface area contributed by atoms with Crippen molar-refractivity contribution in [1.29, 1.82) is 0 Å². The van der Waals surface area contributed by atoms with Crippen molar-refractivity contribution in [2.45, 2.75) is 13.0 Å². The lowest BCUT2D eigenvalue weighted by atomic mass is 10.1. The van der Waals surface area contributed by atoms with Gasteiger partial charge in [-0.2, -0.15) is 0 Å². The maximum atomic E-state index is 13.0. The molecule has 1 amide bonds. The van der Waals surface area contributed by atoms with Crippen LogP contribution in [0.4, 0.5) is 10.1 Å². The average Bonchev–Trinajstić information content (AvgIpc) is 2.74. The Labute approximate surface area is 163 Å². The van der Waals surface area contributed by atoms with Gasteiger partial charge in [-0.1, -0.05) is 24.3 Å². The van der Waals surface area contributed by atoms with E-state index in [1.54, 1.807) is 37.6 Å². The van der Waals surface area contributed by atoms with Gasteiger partial charge in [0.25, 0.3) is 5.91 Å². The van der Waals surface area contributed by atoms with Gasteiger partial charge in [-0.05, 0) is 53.9 Å². The van der Waals surface area contributed by atoms with E-state index in [-0.39, 0.29) is 11.7 Å². The molecule has 28 heavy (non-hydrogen) atoms. The standard InChI is InChI=1S/C22H22FN3O2/c1-28-20-8-4-16(5-9-20)10-12-25-22(27)21-14-19(11-13-24-21)26-15-17-2-6-18(23)7-3-17/h2-9,11,13-14H,10,12,15H2,1H3,(H,24,26)(H,25,27). The summed E-state index contributed by atoms with van der Waals surface area (Å²) in [5.41, 5.74) is 3.19. The summed E-state index contributed by atoms with van der Waals surface area (Å²) in [6, 6.07) is 17.5. The Hall–Kier alpha value is -3.41. The number of halogens is 1. The van der Waals surface area contributed by atoms with Crippen molar-refractivity contribution in [3.05, 3.63) is 89.5 Å². The Morgan fingerprint density at radius 1 is 1.04 bits per heavy atom. The molecule has 1 aromatic heterocycles. The second-order valence-corrected chi connectivity index (χ2v) is 6.26. The highest BCUT2D eigenvalue weighted by molar-refractivity contribution is 5.93. The van der Waals surface area contributed by atoms with Gasteiger partial charge in [-0.25, -0.2) is 4.39 Å². The summed E-state index contributed by atoms with van der Waals surface area (Å²) < 4.78 is 18.1. The number of hydrogen-bond donors (Lipinski definition) is 2. The quantitative estimate of drug-likeness (QED) is 0.625. The molecule has 0 radical (unpaired) electrons. The number of carbonyl (C=O) groups excluding carboxylic acids is 1. The summed E-state index contributed by atoms with van der Waals surface area (Å²) in [5.74, 6) is 0.321. The maximum absolute atomic E-state index is 13.0. The smallest absolute Gasteiger partial charge is 0.269 e. The minimum Gasteiger partial charge on any atom is -0.497 e. The van der Waals surface area contributed by atoms with Crippen LogP contribution in [0.15, 0.2) is 66.9 Å². The fraction of sp³-hybridized carbons (Fsp3) is 0.182. The topological polar surface area (TPSA) is 63.2 Å². The van der Waals surface area contributed by atoms with Gasteiger partial charge >= 0.3 is 0 Å². The minimum absolute atomic E-state index is 0.223. The van der Waals surface area contributed by atoms with Gasteiger partial charge < -0.3 is 15.4 Å². The number of nitrogens with zero attached hydrogens (tertiary/aromatic N) is 1. The lowest BCUT2D eigenvalue weighted by molar-refractivity contribution is 0.0949. The molecule has 0 spiro atoms. The monoisotopic (exact) mass is 379 g/mol. The third kappa shape index (κ3) is 5.54. The molecule has 0 aliphatic heterocycles. The summed E-state index contributed by atoms with van der Waals surface area (Å²) in [4.78, 5) is 16.5. The first-order valence-electron chi connectivity index (χ1n) is 8.99. The number of ether oxygens (including phenoxy) is 1. The third-order valence-electron chi connectivity index (χ3n) is 4.26. The van der Waals surface area contributed by atoms with Gasteiger partial charge in [-0.15, -0.1) is 0 Å². The van der Waals surface area contributed by atoms with Crippen molar-refractivity contribution >= 4 is 11.6 Å². The van der Waals surface area contributed by atoms with Crippen LogP contribution in [0.3, 0.4) is 0 Å². The van der Waals surface area contributed by atoms with E-state index in [1.807, 2.05) is 24.3 Å². The number of anilines is 1. The molecular weight excluding hydrogens is 357 g/mol. The molecule has 144 valence electrons. The molecule has 0 bridgehead atoms. The van der Waals surface area contributed by atoms with Crippen LogP contribution in [-0.2, 0) is 13.0 Å². The Bertz CT molecular complexity index is 912. The number of amides is 1. The fourth-order valence-electron chi connectivity index (χ4n) is 2.67. The first kappa shape index (κ1) is 19.4. The van der Waals surface area contributed by atoms with Gasteiger partial charge in [0.2, 0.25) is 0 Å². The Morgan fingerprint density at radius 3 is 2.46 bits per heavy atom. The lowest BCUT2D eigenvalue weighted by Crippen LogP contribution is -2.26. The van der Waals surface area contributed by atoms with Crippen LogP contribution in [0.5, 0.6) is 5.75 Å². The van der Waals surface area contributed by atoms with Gasteiger partial charge in [-0.3, -0.25) is 9.78 Å². The van der Waals surface area contributed by atoms with Gasteiger partial charge in [0.05, 0.1) is 7.11 Å². The Balaban J connectivity index is 1.50. The molecule has 6 heteroatoms. The zero-order chi connectivity index (χ0) is 19.8. The summed E-state index contributed by atoms with van der Waals surface area (Å²) in [7, 11) is 1.63. The molecule has 5 nitrogen and oxygen atoms in total. The Kier molecular flexibility index (Phi) is 6.57. The van der Waals surface area contributed by atoms with E-state index in [0.29, 0.717) is 18.8 Å². The molecule has 0 unspecified atom stereocenters. The molecule has 0 aliphatic rings. The van der Waals surface area contributed by atoms with E-state index in [1.165, 1.54) is 12.1 Å². The number of methoxy groups -OCH3 is 1. The molecule has 3 rings (SSSR count). The molecule has 2 aromatic carbocycles. The van der Waals surface area contributed by atoms with Crippen LogP contribution in [-0.4, -0.2) is 24.5 Å². The lowest BCUT2D eigenvalue weighted by Gasteiger charge is -2.09. The first-order chi connectivity index (χ1) is 13.6. The number of nitrogens with one attached hydrogen (secondary N) is 2. The summed E-state index contributed by atoms with van der Waals surface area (Å²) >= 11 is 0. The summed E-state index contributed by atoms with van der Waals surface area (Å²) in [5, 5.41) is 6.10. The van der Waals surface area contributed by atoms with Crippen LogP contribution in [0, 0.1) is 5.82 Å². The van der Waals surface area contributed by atoms with Crippen LogP contribution >= 0.6 is 0 Å². The summed E-state index contributed by atoms with van der Waals surface area (Å²) in [6.45, 7) is 1.04. The number of carbonyl (C=O) groups is 1. The zero-order valence-electron chi connectivity index (χ0n) is 15.6. The number of benzene rings is 2. The first-order valence-corrected chi connectivity index (χ1v) is 8.99. The summed E-state index contributed by atoms with van der Waals surface area (Å²) in [6.07, 6.45) is 2.31. The molecule has 3 aromatic rings. The van der Waals surface area contributed by atoms with E-state index < -0.39 is 0 Å². The predicted molar refractivity (Wildman–Crippen MR) is 107 cm³/mol. The molecular formula is C22H22FN3O2. The van der Waals surface area contributed by atoms with Gasteiger partial charge in [0.1, 0.15) is 17.3 Å². The SMILES string of the molecule is COc1ccc(CCNC(=O)c2cc(NCc3ccc(F)cc3)ccn2)cc1. The van der Waals surface area contributed by atoms with Crippen molar-refractivity contribution in [2.24, 2.45) is 0 Å². The van der Waals surface area contributed by atoms with Crippen molar-refractivity contribution in [3.63, 3.8) is 0 Å². The number of rotatable bonds is 8. The molecule has 0 atom stereocenters. The van der Waals surface area contributed by atoms with E-state index in [0.717, 1.165) is 29.0 Å². The maximum Gasteiger partial charge on any atom is 0.269 e. The average molecular weight is 379 g/mol. The van der Waals surface area contributed by atoms with Gasteiger partial charge in [0.15, 0.2) is 0 Å². The molecule has 0 aliphatic carbocycles. The predicted octanol–water partition coefficient (Wildman–Crippen LogP) is 3.81. The van der Waals surface area contributed by atoms with Crippen LogP contribution in [0.25, 0.3) is 0 Å². The van der Waals surface area contributed by atoms with E-state index in [9.17, 15) is 9.18 Å². The second kappa shape index (κ2) is 9.50. The number of pyridine rings is 1. The van der Waals surface area contributed by atoms with Crippen LogP contribution in [0.1, 0.15) is 21.6 Å². The van der Waals surface area contributed by atoms with E-state index >= 15 is 0 Å². The van der Waals surface area contributed by atoms with Crippen molar-refractivity contribution < 1.29 is 13.9 Å². The molecule has 1 heterocycles. The van der Waals surface area contributed by atoms with E-state index in [2.05, 4.69) is 15.6 Å². The molecule has 0 saturated heterocycles. The fourth-order valence-corrected chi connectivity index (χ4v) is 2.67. The minimum atomic E-state index is -0.263. The normalized spacial score (nSPS) is 10.4. The van der Waals surface area contributed by atoms with Crippen molar-refractivity contribution in [3.8, 4) is 5.75 Å². The zero-order valence-corrected chi connectivity index (χ0v) is 15.6. The second-order valence-electron chi connectivity index (χ2n) is 6.26. The highest BCUT2D eigenvalue weighted by Gasteiger charge is 2.08. The Morgan fingerprint density at radius 2 is 1.75 bits per heavy atom. The van der Waals surface area contributed by atoms with Crippen LogP contribution < -0.4 is 15.4 Å². The van der Waals surface area contributed by atoms with Crippen molar-refractivity contribution in [2.75, 3.05) is 19.0 Å². The van der Waals surface area contributed by atoms with Crippen molar-refractivity contribution in [1.82, 2.24) is 10.3 Å². The van der Waals surface area contributed by atoms with Crippen LogP contribution in [0.2, 0.25) is 0 Å². The molecule has 0 fully saturated rings. The molecule has 2 N–H and O–H groups in total. The highest BCUT2D eigenvalue weighted by Crippen LogP contribution is 2.12. The van der Waals surface area contributed by atoms with Gasteiger partial charge in [0, 0.05) is 25.0 Å². The largest absolute Gasteiger partial charge is 0.497 e. The number of aromatic nitrogens is 1. The third-order valence-corrected chi connectivity index (χ3v) is 4.26. The van der Waals surface area contributed by atoms with E-state index in [4.69, 9.17) is 4.74 Å². The molecule has 0 saturated carbocycles. The number of hydrogen-bond acceptors (Lipinski definition) is 4. The highest BCUT2D eigenvalue weighted by atomic mass is 19.1.